The van der Waals surface area contributed by atoms with E-state index in [1.54, 1.807) is 0 Å². The summed E-state index contributed by atoms with van der Waals surface area (Å²) in [5.41, 5.74) is -4.00. The highest BCUT2D eigenvalue weighted by Gasteiger charge is 2.27. The van der Waals surface area contributed by atoms with Crippen LogP contribution in [-0.4, -0.2) is 19.7 Å². The van der Waals surface area contributed by atoms with E-state index >= 15 is 0 Å². The molecule has 1 aromatic heterocycles. The van der Waals surface area contributed by atoms with Crippen LogP contribution in [0.5, 0.6) is 0 Å². The van der Waals surface area contributed by atoms with Crippen molar-refractivity contribution in [3.8, 4) is 0 Å². The Morgan fingerprint density at radius 1 is 0.630 bits per heavy atom. The summed E-state index contributed by atoms with van der Waals surface area (Å²) in [6.07, 6.45) is 0. The van der Waals surface area contributed by atoms with Gasteiger partial charge in [-0.1, -0.05) is 0 Å². The summed E-state index contributed by atoms with van der Waals surface area (Å²) in [5.74, 6) is 0. The van der Waals surface area contributed by atoms with Crippen LogP contribution in [0.25, 0.3) is 20.2 Å². The monoisotopic (exact) mass is 392 g/mol. The van der Waals surface area contributed by atoms with Gasteiger partial charge in [0, 0.05) is 12.1 Å². The Labute approximate surface area is 149 Å². The highest BCUT2D eigenvalue weighted by molar-refractivity contribution is 7.25. The van der Waals surface area contributed by atoms with Gasteiger partial charge in [0.1, 0.15) is 9.40 Å². The number of nitro groups is 4. The second-order valence-corrected chi connectivity index (χ2v) is 6.16. The number of benzene rings is 2. The lowest BCUT2D eigenvalue weighted by Crippen LogP contribution is -2.06. The van der Waals surface area contributed by atoms with E-state index in [0.29, 0.717) is 23.5 Å². The van der Waals surface area contributed by atoms with E-state index in [1.807, 2.05) is 0 Å². The van der Waals surface area contributed by atoms with E-state index in [9.17, 15) is 45.3 Å². The summed E-state index contributed by atoms with van der Waals surface area (Å²) in [6, 6.07) is 2.87. The topological polar surface area (TPSA) is 190 Å². The zero-order valence-corrected chi connectivity index (χ0v) is 13.5. The van der Waals surface area contributed by atoms with Gasteiger partial charge in [-0.25, -0.2) is 0 Å². The normalized spacial score (nSPS) is 10.8. The fraction of sp³-hybridized carbons (Fsp3) is 0. The first-order valence-corrected chi connectivity index (χ1v) is 7.59. The molecule has 27 heavy (non-hydrogen) atoms. The van der Waals surface area contributed by atoms with Gasteiger partial charge in [0.15, 0.2) is 5.43 Å². The van der Waals surface area contributed by atoms with Crippen molar-refractivity contribution >= 4 is 54.3 Å². The smallest absolute Gasteiger partial charge is 0.288 e. The Hall–Kier alpha value is -4.07. The Kier molecular flexibility index (Phi) is 3.96. The summed E-state index contributed by atoms with van der Waals surface area (Å²) in [4.78, 5) is 53.4. The van der Waals surface area contributed by atoms with E-state index in [2.05, 4.69) is 0 Å². The summed E-state index contributed by atoms with van der Waals surface area (Å²) < 4.78 is -0.611. The van der Waals surface area contributed by atoms with E-state index < -0.39 is 58.6 Å². The Balaban J connectivity index is 2.62. The maximum Gasteiger partial charge on any atom is 0.294 e. The molecule has 0 radical (unpaired) electrons. The highest BCUT2D eigenvalue weighted by atomic mass is 32.1. The van der Waals surface area contributed by atoms with Crippen LogP contribution in [0.15, 0.2) is 29.1 Å². The second-order valence-electron chi connectivity index (χ2n) is 5.14. The molecule has 3 aromatic rings. The molecule has 0 amide bonds. The number of non-ortho nitro benzene ring substituents is 4. The van der Waals surface area contributed by atoms with Gasteiger partial charge in [-0.15, -0.1) is 11.3 Å². The largest absolute Gasteiger partial charge is 0.294 e. The molecule has 2 aromatic carbocycles. The quantitative estimate of drug-likeness (QED) is 0.364. The Morgan fingerprint density at radius 3 is 1.30 bits per heavy atom. The molecule has 0 N–H and O–H groups in total. The second kappa shape index (κ2) is 6.03. The first-order valence-electron chi connectivity index (χ1n) is 6.78. The van der Waals surface area contributed by atoms with Crippen LogP contribution in [0.2, 0.25) is 0 Å². The zero-order chi connectivity index (χ0) is 20.0. The fourth-order valence-electron chi connectivity index (χ4n) is 2.48. The Morgan fingerprint density at radius 2 is 1.00 bits per heavy atom. The van der Waals surface area contributed by atoms with Crippen molar-refractivity contribution in [1.29, 1.82) is 0 Å². The van der Waals surface area contributed by atoms with Gasteiger partial charge < -0.3 is 0 Å². The SMILES string of the molecule is O=c1c2cc([N+](=O)[O-])cc([N+](=O)[O-])c2sc2c([N+](=O)[O-])cc([N+](=O)[O-])cc12. The van der Waals surface area contributed by atoms with Crippen molar-refractivity contribution in [3.63, 3.8) is 0 Å². The number of fused-ring (bicyclic) bond motifs is 2. The van der Waals surface area contributed by atoms with Gasteiger partial charge in [0.2, 0.25) is 0 Å². The van der Waals surface area contributed by atoms with Crippen LogP contribution in [0.1, 0.15) is 0 Å². The summed E-state index contributed by atoms with van der Waals surface area (Å²) >= 11 is 0.488. The lowest BCUT2D eigenvalue weighted by Gasteiger charge is -2.03. The van der Waals surface area contributed by atoms with E-state index in [0.717, 1.165) is 12.1 Å². The molecule has 0 saturated carbocycles. The number of hydrogen-bond donors (Lipinski definition) is 0. The van der Waals surface area contributed by atoms with Crippen LogP contribution in [-0.2, 0) is 0 Å². The third-order valence-corrected chi connectivity index (χ3v) is 4.88. The molecule has 1 heterocycles. The number of hydrogen-bond acceptors (Lipinski definition) is 10. The zero-order valence-electron chi connectivity index (χ0n) is 12.7. The average Bonchev–Trinajstić information content (AvgIpc) is 2.59. The molecule has 14 heteroatoms. The standard InChI is InChI=1S/C13H4N4O9S/c18-11-7-1-5(14(19)20)3-9(16(23)24)12(7)27-13-8(11)2-6(15(21)22)4-10(13)17(25)26/h1-4H. The van der Waals surface area contributed by atoms with Crippen molar-refractivity contribution in [2.75, 3.05) is 0 Å². The first kappa shape index (κ1) is 17.7. The van der Waals surface area contributed by atoms with Gasteiger partial charge in [0.25, 0.3) is 22.7 Å². The maximum absolute atomic E-state index is 12.7. The van der Waals surface area contributed by atoms with Crippen molar-refractivity contribution < 1.29 is 19.7 Å². The summed E-state index contributed by atoms with van der Waals surface area (Å²) in [7, 11) is 0. The lowest BCUT2D eigenvalue weighted by atomic mass is 10.1. The molecule has 0 aliphatic carbocycles. The molecule has 0 bridgehead atoms. The van der Waals surface area contributed by atoms with Gasteiger partial charge in [-0.2, -0.15) is 0 Å². The molecule has 13 nitrogen and oxygen atoms in total. The van der Waals surface area contributed by atoms with Crippen molar-refractivity contribution in [3.05, 3.63) is 74.9 Å². The molecule has 136 valence electrons. The van der Waals surface area contributed by atoms with Crippen molar-refractivity contribution in [1.82, 2.24) is 0 Å². The minimum Gasteiger partial charge on any atom is -0.288 e. The molecule has 3 rings (SSSR count). The molecule has 0 atom stereocenters. The van der Waals surface area contributed by atoms with Gasteiger partial charge in [-0.05, 0) is 0 Å². The van der Waals surface area contributed by atoms with E-state index in [-0.39, 0.29) is 9.40 Å². The lowest BCUT2D eigenvalue weighted by molar-refractivity contribution is -0.393. The van der Waals surface area contributed by atoms with E-state index in [1.165, 1.54) is 0 Å². The molecule has 0 spiro atoms. The minimum atomic E-state index is -1.02. The van der Waals surface area contributed by atoms with Crippen LogP contribution in [0, 0.1) is 40.5 Å². The van der Waals surface area contributed by atoms with Gasteiger partial charge >= 0.3 is 0 Å². The Bertz CT molecular complexity index is 1170. The highest BCUT2D eigenvalue weighted by Crippen LogP contribution is 2.39. The predicted molar refractivity (Wildman–Crippen MR) is 92.2 cm³/mol. The molecule has 0 saturated heterocycles. The summed E-state index contributed by atoms with van der Waals surface area (Å²) in [5, 5.41) is 43.6. The molecule has 0 unspecified atom stereocenters. The number of nitro benzene ring substituents is 4. The third-order valence-electron chi connectivity index (χ3n) is 3.62. The first-order chi connectivity index (χ1) is 12.6. The van der Waals surface area contributed by atoms with Crippen LogP contribution in [0.4, 0.5) is 22.7 Å². The number of rotatable bonds is 4. The molecule has 0 aliphatic heterocycles. The molecular formula is C13H4N4O9S. The van der Waals surface area contributed by atoms with Gasteiger partial charge in [0.05, 0.1) is 42.6 Å². The number of nitrogens with zero attached hydrogens (tertiary/aromatic N) is 4. The minimum absolute atomic E-state index is 0.306. The van der Waals surface area contributed by atoms with Crippen LogP contribution in [0.3, 0.4) is 0 Å². The summed E-state index contributed by atoms with van der Waals surface area (Å²) in [6.45, 7) is 0. The average molecular weight is 392 g/mol. The van der Waals surface area contributed by atoms with Gasteiger partial charge in [-0.3, -0.25) is 45.3 Å². The van der Waals surface area contributed by atoms with Crippen molar-refractivity contribution in [2.24, 2.45) is 0 Å². The molecular weight excluding hydrogens is 388 g/mol. The molecule has 0 aliphatic rings. The predicted octanol–water partition coefficient (Wildman–Crippen LogP) is 3.05. The maximum atomic E-state index is 12.7. The third kappa shape index (κ3) is 2.78. The van der Waals surface area contributed by atoms with E-state index in [4.69, 9.17) is 0 Å². The van der Waals surface area contributed by atoms with Crippen molar-refractivity contribution in [2.45, 2.75) is 0 Å². The fourth-order valence-corrected chi connectivity index (χ4v) is 3.68. The molecule has 0 fully saturated rings. The van der Waals surface area contributed by atoms with Crippen LogP contribution < -0.4 is 5.43 Å². The van der Waals surface area contributed by atoms with Crippen LogP contribution >= 0.6 is 11.3 Å².